The number of anilines is 2. The van der Waals surface area contributed by atoms with E-state index >= 15 is 0 Å². The standard InChI is InChI=1S/C12H22N4O2/c1-4-5-9(7-17-2)14-11-6-10(13)15-12(16-11)8-18-3/h6,9H,4-5,7-8H2,1-3H3,(H3,13,14,15,16). The predicted molar refractivity (Wildman–Crippen MR) is 71.4 cm³/mol. The Balaban J connectivity index is 2.74. The van der Waals surface area contributed by atoms with Gasteiger partial charge in [0.15, 0.2) is 5.82 Å². The summed E-state index contributed by atoms with van der Waals surface area (Å²) in [4.78, 5) is 8.44. The highest BCUT2D eigenvalue weighted by Gasteiger charge is 2.09. The van der Waals surface area contributed by atoms with Gasteiger partial charge < -0.3 is 20.5 Å². The van der Waals surface area contributed by atoms with Crippen molar-refractivity contribution in [1.82, 2.24) is 9.97 Å². The van der Waals surface area contributed by atoms with Gasteiger partial charge in [-0.3, -0.25) is 0 Å². The highest BCUT2D eigenvalue weighted by molar-refractivity contribution is 5.45. The zero-order valence-electron chi connectivity index (χ0n) is 11.3. The predicted octanol–water partition coefficient (Wildman–Crippen LogP) is 1.43. The Kier molecular flexibility index (Phi) is 6.38. The largest absolute Gasteiger partial charge is 0.384 e. The summed E-state index contributed by atoms with van der Waals surface area (Å²) in [6, 6.07) is 1.95. The SMILES string of the molecule is CCCC(COC)Nc1cc(N)nc(COC)n1. The molecule has 6 nitrogen and oxygen atoms in total. The molecule has 1 unspecified atom stereocenters. The third-order valence-corrected chi connectivity index (χ3v) is 2.42. The van der Waals surface area contributed by atoms with Crippen molar-refractivity contribution in [3.8, 4) is 0 Å². The van der Waals surface area contributed by atoms with E-state index in [0.717, 1.165) is 12.8 Å². The maximum atomic E-state index is 5.74. The van der Waals surface area contributed by atoms with Crippen molar-refractivity contribution in [3.05, 3.63) is 11.9 Å². The van der Waals surface area contributed by atoms with E-state index in [1.54, 1.807) is 20.3 Å². The third-order valence-electron chi connectivity index (χ3n) is 2.42. The lowest BCUT2D eigenvalue weighted by atomic mass is 10.2. The molecule has 0 aliphatic carbocycles. The topological polar surface area (TPSA) is 82.3 Å². The number of ether oxygens (including phenoxy) is 2. The van der Waals surface area contributed by atoms with Gasteiger partial charge in [0.2, 0.25) is 0 Å². The Morgan fingerprint density at radius 1 is 1.33 bits per heavy atom. The van der Waals surface area contributed by atoms with Gasteiger partial charge in [-0.25, -0.2) is 9.97 Å². The molecule has 0 spiro atoms. The highest BCUT2D eigenvalue weighted by atomic mass is 16.5. The summed E-state index contributed by atoms with van der Waals surface area (Å²) in [6.45, 7) is 3.12. The lowest BCUT2D eigenvalue weighted by Gasteiger charge is -2.18. The first-order chi connectivity index (χ1) is 8.69. The van der Waals surface area contributed by atoms with Gasteiger partial charge in [0, 0.05) is 20.3 Å². The zero-order valence-corrected chi connectivity index (χ0v) is 11.3. The molecule has 18 heavy (non-hydrogen) atoms. The third kappa shape index (κ3) is 4.85. The van der Waals surface area contributed by atoms with Crippen LogP contribution in [-0.4, -0.2) is 36.8 Å². The molecule has 0 radical (unpaired) electrons. The molecule has 102 valence electrons. The molecule has 0 saturated heterocycles. The number of nitrogens with zero attached hydrogens (tertiary/aromatic N) is 2. The summed E-state index contributed by atoms with van der Waals surface area (Å²) >= 11 is 0. The van der Waals surface area contributed by atoms with Crippen LogP contribution < -0.4 is 11.1 Å². The van der Waals surface area contributed by atoms with E-state index in [0.29, 0.717) is 30.7 Å². The minimum Gasteiger partial charge on any atom is -0.384 e. The second-order valence-electron chi connectivity index (χ2n) is 4.11. The minimum atomic E-state index is 0.227. The molecule has 6 heteroatoms. The van der Waals surface area contributed by atoms with Crippen molar-refractivity contribution in [2.75, 3.05) is 31.9 Å². The van der Waals surface area contributed by atoms with E-state index in [4.69, 9.17) is 15.2 Å². The molecule has 1 aromatic rings. The smallest absolute Gasteiger partial charge is 0.158 e. The number of nitrogen functional groups attached to an aromatic ring is 1. The zero-order chi connectivity index (χ0) is 13.4. The number of hydrogen-bond acceptors (Lipinski definition) is 6. The van der Waals surface area contributed by atoms with Crippen molar-refractivity contribution >= 4 is 11.6 Å². The fraction of sp³-hybridized carbons (Fsp3) is 0.667. The number of hydrogen-bond donors (Lipinski definition) is 2. The van der Waals surface area contributed by atoms with E-state index in [1.807, 2.05) is 0 Å². The molecule has 0 aliphatic heterocycles. The maximum absolute atomic E-state index is 5.74. The lowest BCUT2D eigenvalue weighted by molar-refractivity contribution is 0.177. The van der Waals surface area contributed by atoms with Crippen LogP contribution in [0.5, 0.6) is 0 Å². The van der Waals surface area contributed by atoms with Gasteiger partial charge in [-0.2, -0.15) is 0 Å². The van der Waals surface area contributed by atoms with Crippen LogP contribution in [0.3, 0.4) is 0 Å². The molecular weight excluding hydrogens is 232 g/mol. The Bertz CT molecular complexity index is 354. The van der Waals surface area contributed by atoms with Crippen LogP contribution in [0.15, 0.2) is 6.07 Å². The van der Waals surface area contributed by atoms with Gasteiger partial charge in [-0.1, -0.05) is 13.3 Å². The Labute approximate surface area is 108 Å². The summed E-state index contributed by atoms with van der Waals surface area (Å²) in [7, 11) is 3.29. The molecule has 0 aliphatic rings. The second-order valence-corrected chi connectivity index (χ2v) is 4.11. The molecule has 0 aromatic carbocycles. The first kappa shape index (κ1) is 14.7. The van der Waals surface area contributed by atoms with E-state index in [9.17, 15) is 0 Å². The Hall–Kier alpha value is -1.40. The number of aromatic nitrogens is 2. The van der Waals surface area contributed by atoms with Crippen LogP contribution in [-0.2, 0) is 16.1 Å². The molecule has 1 aromatic heterocycles. The van der Waals surface area contributed by atoms with Crippen LogP contribution >= 0.6 is 0 Å². The first-order valence-electron chi connectivity index (χ1n) is 6.07. The normalized spacial score (nSPS) is 12.4. The average molecular weight is 254 g/mol. The Morgan fingerprint density at radius 3 is 2.72 bits per heavy atom. The van der Waals surface area contributed by atoms with E-state index < -0.39 is 0 Å². The van der Waals surface area contributed by atoms with Crippen LogP contribution in [0.25, 0.3) is 0 Å². The molecule has 0 saturated carbocycles. The van der Waals surface area contributed by atoms with E-state index in [1.165, 1.54) is 0 Å². The summed E-state index contributed by atoms with van der Waals surface area (Å²) in [5.74, 6) is 1.73. The summed E-state index contributed by atoms with van der Waals surface area (Å²) in [6.07, 6.45) is 2.09. The van der Waals surface area contributed by atoms with Gasteiger partial charge in [-0.15, -0.1) is 0 Å². The fourth-order valence-electron chi connectivity index (χ4n) is 1.74. The van der Waals surface area contributed by atoms with E-state index in [2.05, 4.69) is 22.2 Å². The lowest BCUT2D eigenvalue weighted by Crippen LogP contribution is -2.25. The first-order valence-corrected chi connectivity index (χ1v) is 6.07. The molecule has 0 bridgehead atoms. The number of nitrogens with two attached hydrogens (primary N) is 1. The van der Waals surface area contributed by atoms with Crippen LogP contribution in [0.4, 0.5) is 11.6 Å². The van der Waals surface area contributed by atoms with Crippen molar-refractivity contribution < 1.29 is 9.47 Å². The second kappa shape index (κ2) is 7.84. The van der Waals surface area contributed by atoms with Crippen molar-refractivity contribution in [3.63, 3.8) is 0 Å². The van der Waals surface area contributed by atoms with Gasteiger partial charge in [0.25, 0.3) is 0 Å². The highest BCUT2D eigenvalue weighted by Crippen LogP contribution is 2.12. The molecule has 0 fully saturated rings. The summed E-state index contributed by atoms with van der Waals surface area (Å²) in [5, 5.41) is 3.31. The molecule has 1 heterocycles. The van der Waals surface area contributed by atoms with Crippen molar-refractivity contribution in [1.29, 1.82) is 0 Å². The van der Waals surface area contributed by atoms with Gasteiger partial charge >= 0.3 is 0 Å². The van der Waals surface area contributed by atoms with Crippen LogP contribution in [0, 0.1) is 0 Å². The van der Waals surface area contributed by atoms with Gasteiger partial charge in [0.1, 0.15) is 18.2 Å². The maximum Gasteiger partial charge on any atom is 0.158 e. The van der Waals surface area contributed by atoms with Crippen molar-refractivity contribution in [2.24, 2.45) is 0 Å². The quantitative estimate of drug-likeness (QED) is 0.730. The number of rotatable bonds is 8. The molecule has 0 amide bonds. The average Bonchev–Trinajstić information content (AvgIpc) is 2.29. The molecule has 1 atom stereocenters. The number of nitrogens with one attached hydrogen (secondary N) is 1. The summed E-state index contributed by atoms with van der Waals surface area (Å²) in [5.41, 5.74) is 5.74. The summed E-state index contributed by atoms with van der Waals surface area (Å²) < 4.78 is 10.2. The number of methoxy groups -OCH3 is 2. The van der Waals surface area contributed by atoms with Crippen LogP contribution in [0.1, 0.15) is 25.6 Å². The van der Waals surface area contributed by atoms with Gasteiger partial charge in [0.05, 0.1) is 12.6 Å². The Morgan fingerprint density at radius 2 is 2.11 bits per heavy atom. The minimum absolute atomic E-state index is 0.227. The molecule has 1 rings (SSSR count). The van der Waals surface area contributed by atoms with Gasteiger partial charge in [-0.05, 0) is 6.42 Å². The molecular formula is C12H22N4O2. The van der Waals surface area contributed by atoms with Crippen molar-refractivity contribution in [2.45, 2.75) is 32.4 Å². The monoisotopic (exact) mass is 254 g/mol. The molecule has 3 N–H and O–H groups in total. The van der Waals surface area contributed by atoms with E-state index in [-0.39, 0.29) is 6.04 Å². The fourth-order valence-corrected chi connectivity index (χ4v) is 1.74. The van der Waals surface area contributed by atoms with Crippen LogP contribution in [0.2, 0.25) is 0 Å².